The highest BCUT2D eigenvalue weighted by atomic mass is 16.5. The predicted octanol–water partition coefficient (Wildman–Crippen LogP) is 2.69. The van der Waals surface area contributed by atoms with E-state index in [1.54, 1.807) is 0 Å². The van der Waals surface area contributed by atoms with Gasteiger partial charge in [0.2, 0.25) is 5.91 Å². The fourth-order valence-electron chi connectivity index (χ4n) is 6.86. The average molecular weight is 486 g/mol. The Bertz CT molecular complexity index is 859. The minimum atomic E-state index is -0.555. The van der Waals surface area contributed by atoms with E-state index in [0.29, 0.717) is 12.1 Å². The number of nitrogens with zero attached hydrogens (tertiary/aromatic N) is 1. The Kier molecular flexibility index (Phi) is 8.50. The molecule has 0 spiro atoms. The summed E-state index contributed by atoms with van der Waals surface area (Å²) in [6.45, 7) is 11.2. The van der Waals surface area contributed by atoms with Crippen LogP contribution in [0.1, 0.15) is 56.8 Å². The second-order valence-corrected chi connectivity index (χ2v) is 11.3. The number of fused-ring (bicyclic) bond motifs is 1. The monoisotopic (exact) mass is 485 g/mol. The van der Waals surface area contributed by atoms with Crippen LogP contribution in [-0.4, -0.2) is 73.4 Å². The van der Waals surface area contributed by atoms with E-state index in [2.05, 4.69) is 29.4 Å². The van der Waals surface area contributed by atoms with Gasteiger partial charge in [0.05, 0.1) is 19.3 Å². The van der Waals surface area contributed by atoms with E-state index in [9.17, 15) is 14.7 Å². The highest BCUT2D eigenvalue weighted by molar-refractivity contribution is 5.94. The number of rotatable bonds is 7. The van der Waals surface area contributed by atoms with Crippen molar-refractivity contribution in [2.75, 3.05) is 39.4 Å². The molecule has 0 unspecified atom stereocenters. The molecule has 3 N–H and O–H groups in total. The number of morpholine rings is 1. The van der Waals surface area contributed by atoms with Crippen LogP contribution in [0.5, 0.6) is 0 Å². The molecule has 35 heavy (non-hydrogen) atoms. The second-order valence-electron chi connectivity index (χ2n) is 11.3. The lowest BCUT2D eigenvalue weighted by atomic mass is 9.51. The molecular weight excluding hydrogens is 442 g/mol. The summed E-state index contributed by atoms with van der Waals surface area (Å²) in [5.41, 5.74) is 0.702. The third-order valence-corrected chi connectivity index (χ3v) is 9.13. The highest BCUT2D eigenvalue weighted by Gasteiger charge is 2.53. The fourth-order valence-corrected chi connectivity index (χ4v) is 6.86. The Morgan fingerprint density at radius 2 is 1.86 bits per heavy atom. The van der Waals surface area contributed by atoms with Gasteiger partial charge in [-0.25, -0.2) is 0 Å². The van der Waals surface area contributed by atoms with Gasteiger partial charge >= 0.3 is 0 Å². The molecule has 3 fully saturated rings. The molecule has 7 atom stereocenters. The van der Waals surface area contributed by atoms with E-state index in [1.807, 2.05) is 37.3 Å². The number of ether oxygens (including phenoxy) is 1. The maximum absolute atomic E-state index is 13.0. The van der Waals surface area contributed by atoms with Crippen LogP contribution in [-0.2, 0) is 9.53 Å². The second kappa shape index (κ2) is 11.4. The highest BCUT2D eigenvalue weighted by Crippen LogP contribution is 2.55. The van der Waals surface area contributed by atoms with Crippen LogP contribution < -0.4 is 10.6 Å². The molecule has 1 saturated heterocycles. The van der Waals surface area contributed by atoms with Crippen LogP contribution in [0, 0.1) is 29.1 Å². The minimum absolute atomic E-state index is 0.0202. The molecule has 7 nitrogen and oxygen atoms in total. The van der Waals surface area contributed by atoms with Crippen LogP contribution in [0.4, 0.5) is 0 Å². The Morgan fingerprint density at radius 3 is 2.57 bits per heavy atom. The van der Waals surface area contributed by atoms with Gasteiger partial charge in [0.25, 0.3) is 5.91 Å². The van der Waals surface area contributed by atoms with Crippen molar-refractivity contribution in [2.45, 2.75) is 58.6 Å². The summed E-state index contributed by atoms with van der Waals surface area (Å²) < 4.78 is 5.39. The van der Waals surface area contributed by atoms with Gasteiger partial charge in [-0.2, -0.15) is 0 Å². The van der Waals surface area contributed by atoms with Crippen LogP contribution >= 0.6 is 0 Å². The van der Waals surface area contributed by atoms with E-state index in [0.717, 1.165) is 58.5 Å². The normalized spacial score (nSPS) is 34.5. The first-order valence-electron chi connectivity index (χ1n) is 13.4. The summed E-state index contributed by atoms with van der Waals surface area (Å²) in [4.78, 5) is 28.1. The number of aliphatic hydroxyl groups excluding tert-OH is 1. The number of hydrogen-bond acceptors (Lipinski definition) is 5. The number of carbonyl (C=O) groups is 2. The summed E-state index contributed by atoms with van der Waals surface area (Å²) in [6.07, 6.45) is 3.21. The van der Waals surface area contributed by atoms with Crippen LogP contribution in [0.2, 0.25) is 0 Å². The van der Waals surface area contributed by atoms with Gasteiger partial charge in [-0.15, -0.1) is 0 Å². The third-order valence-electron chi connectivity index (χ3n) is 9.13. The fraction of sp³-hybridized carbons (Fsp3) is 0.714. The summed E-state index contributed by atoms with van der Waals surface area (Å²) >= 11 is 0. The average Bonchev–Trinajstić information content (AvgIpc) is 2.86. The summed E-state index contributed by atoms with van der Waals surface area (Å²) in [5.74, 6) is -0.145. The quantitative estimate of drug-likeness (QED) is 0.553. The molecular formula is C28H43N3O4. The Morgan fingerprint density at radius 1 is 1.17 bits per heavy atom. The van der Waals surface area contributed by atoms with E-state index in [1.165, 1.54) is 0 Å². The van der Waals surface area contributed by atoms with Crippen LogP contribution in [0.25, 0.3) is 0 Å². The van der Waals surface area contributed by atoms with Gasteiger partial charge < -0.3 is 20.5 Å². The molecule has 3 aliphatic rings. The number of hydrogen-bond donors (Lipinski definition) is 3. The van der Waals surface area contributed by atoms with Crippen LogP contribution in [0.15, 0.2) is 30.3 Å². The predicted molar refractivity (Wildman–Crippen MR) is 136 cm³/mol. The van der Waals surface area contributed by atoms with Crippen molar-refractivity contribution < 1.29 is 19.4 Å². The van der Waals surface area contributed by atoms with E-state index in [4.69, 9.17) is 4.74 Å². The summed E-state index contributed by atoms with van der Waals surface area (Å²) in [5, 5.41) is 17.9. The van der Waals surface area contributed by atoms with Crippen molar-refractivity contribution >= 4 is 11.8 Å². The topological polar surface area (TPSA) is 90.9 Å². The third kappa shape index (κ3) is 5.89. The van der Waals surface area contributed by atoms with E-state index < -0.39 is 6.10 Å². The first kappa shape index (κ1) is 26.1. The van der Waals surface area contributed by atoms with Crippen LogP contribution in [0.3, 0.4) is 0 Å². The van der Waals surface area contributed by atoms with E-state index >= 15 is 0 Å². The van der Waals surface area contributed by atoms with Crippen molar-refractivity contribution in [1.29, 1.82) is 0 Å². The first-order chi connectivity index (χ1) is 16.8. The Hall–Kier alpha value is -1.96. The Labute approximate surface area is 210 Å². The molecule has 1 aliphatic heterocycles. The molecule has 0 radical (unpaired) electrons. The Balaban J connectivity index is 1.36. The number of carbonyl (C=O) groups excluding carboxylic acids is 2. The van der Waals surface area contributed by atoms with Crippen molar-refractivity contribution in [3.8, 4) is 0 Å². The van der Waals surface area contributed by atoms with Crippen molar-refractivity contribution in [3.63, 3.8) is 0 Å². The van der Waals surface area contributed by atoms with Gasteiger partial charge in [-0.05, 0) is 61.0 Å². The molecule has 1 aromatic carbocycles. The van der Waals surface area contributed by atoms with Crippen molar-refractivity contribution in [2.24, 2.45) is 29.1 Å². The number of aliphatic hydroxyl groups is 1. The van der Waals surface area contributed by atoms with Crippen molar-refractivity contribution in [3.05, 3.63) is 35.9 Å². The van der Waals surface area contributed by atoms with Gasteiger partial charge in [-0.1, -0.05) is 39.0 Å². The minimum Gasteiger partial charge on any atom is -0.392 e. The molecule has 2 saturated carbocycles. The molecule has 194 valence electrons. The molecule has 1 aromatic rings. The summed E-state index contributed by atoms with van der Waals surface area (Å²) in [6, 6.07) is 9.34. The maximum atomic E-state index is 13.0. The number of amides is 2. The molecule has 0 bridgehead atoms. The molecule has 2 aliphatic carbocycles. The van der Waals surface area contributed by atoms with Gasteiger partial charge in [0.1, 0.15) is 0 Å². The lowest BCUT2D eigenvalue weighted by Crippen LogP contribution is -2.58. The lowest BCUT2D eigenvalue weighted by Gasteiger charge is -2.56. The largest absolute Gasteiger partial charge is 0.392 e. The lowest BCUT2D eigenvalue weighted by molar-refractivity contribution is -0.142. The van der Waals surface area contributed by atoms with Crippen molar-refractivity contribution in [1.82, 2.24) is 15.5 Å². The van der Waals surface area contributed by atoms with Gasteiger partial charge in [-0.3, -0.25) is 14.5 Å². The zero-order valence-electron chi connectivity index (χ0n) is 21.5. The van der Waals surface area contributed by atoms with E-state index in [-0.39, 0.29) is 46.9 Å². The standard InChI is InChI=1S/C28H43N3O4/c1-19(26(33)29-13-14-31-15-17-35-18-16-31)22-9-11-28(3)12-10-23(20(2)24(28)25(22)32)30-27(34)21-7-5-4-6-8-21/h4-8,19-20,22-25,32H,9-18H2,1-3H3,(H,29,33)(H,30,34)/t19-,20-,22-,23-,24+,25-,28+/m0/s1. The SMILES string of the molecule is C[C@@H]1[C@@H]2[C@@H](O)[C@H]([C@H](C)C(=O)NCCN3CCOCC3)CC[C@]2(C)CC[C@@H]1NC(=O)c1ccccc1. The molecule has 0 aromatic heterocycles. The maximum Gasteiger partial charge on any atom is 0.251 e. The molecule has 2 amide bonds. The first-order valence-corrected chi connectivity index (χ1v) is 13.4. The number of nitrogens with one attached hydrogen (secondary N) is 2. The smallest absolute Gasteiger partial charge is 0.251 e. The molecule has 4 rings (SSSR count). The molecule has 7 heteroatoms. The number of benzene rings is 1. The van der Waals surface area contributed by atoms with Gasteiger partial charge in [0.15, 0.2) is 0 Å². The summed E-state index contributed by atoms with van der Waals surface area (Å²) in [7, 11) is 0. The zero-order valence-corrected chi connectivity index (χ0v) is 21.5. The van der Waals surface area contributed by atoms with Gasteiger partial charge in [0, 0.05) is 43.7 Å². The molecule has 1 heterocycles. The zero-order chi connectivity index (χ0) is 25.0.